The second-order valence-corrected chi connectivity index (χ2v) is 6.79. The molecule has 2 heterocycles. The Morgan fingerprint density at radius 3 is 2.63 bits per heavy atom. The van der Waals surface area contributed by atoms with Crippen LogP contribution in [0, 0.1) is 0 Å². The summed E-state index contributed by atoms with van der Waals surface area (Å²) in [6, 6.07) is 3.94. The lowest BCUT2D eigenvalue weighted by molar-refractivity contribution is -0.277. The number of thiazole rings is 1. The molecule has 1 fully saturated rings. The summed E-state index contributed by atoms with van der Waals surface area (Å²) in [6.45, 7) is -0.583. The second kappa shape index (κ2) is 8.30. The van der Waals surface area contributed by atoms with Gasteiger partial charge in [-0.25, -0.2) is 4.98 Å². The molecule has 0 amide bonds. The molecule has 1 aliphatic rings. The van der Waals surface area contributed by atoms with Gasteiger partial charge in [0.15, 0.2) is 5.78 Å². The minimum Gasteiger partial charge on any atom is -0.507 e. The van der Waals surface area contributed by atoms with Gasteiger partial charge in [0.05, 0.1) is 29.8 Å². The molecule has 2 aromatic rings. The van der Waals surface area contributed by atoms with Crippen LogP contribution >= 0.6 is 11.3 Å². The van der Waals surface area contributed by atoms with E-state index in [0.717, 1.165) is 0 Å². The van der Waals surface area contributed by atoms with E-state index in [1.807, 2.05) is 0 Å². The van der Waals surface area contributed by atoms with Crippen molar-refractivity contribution in [1.29, 1.82) is 0 Å². The number of phenolic OH excluding ortho intramolecular Hbond substituents is 1. The zero-order valence-electron chi connectivity index (χ0n) is 14.0. The maximum atomic E-state index is 12.3. The molecule has 5 N–H and O–H groups in total. The fourth-order valence-electron chi connectivity index (χ4n) is 2.70. The van der Waals surface area contributed by atoms with Crippen LogP contribution in [-0.2, 0) is 11.2 Å². The average molecular weight is 397 g/mol. The highest BCUT2D eigenvalue weighted by Gasteiger charge is 2.44. The number of aliphatic hydroxyl groups excluding tert-OH is 4. The molecule has 5 atom stereocenters. The number of nitrogens with zero attached hydrogens (tertiary/aromatic N) is 1. The van der Waals surface area contributed by atoms with Crippen molar-refractivity contribution < 1.29 is 39.8 Å². The van der Waals surface area contributed by atoms with Crippen molar-refractivity contribution in [3.8, 4) is 11.5 Å². The van der Waals surface area contributed by atoms with E-state index in [4.69, 9.17) is 9.47 Å². The van der Waals surface area contributed by atoms with Gasteiger partial charge in [-0.1, -0.05) is 0 Å². The Kier molecular flexibility index (Phi) is 6.05. The Hall–Kier alpha value is -2.08. The molecular weight excluding hydrogens is 378 g/mol. The maximum absolute atomic E-state index is 12.3. The van der Waals surface area contributed by atoms with Gasteiger partial charge in [-0.3, -0.25) is 4.79 Å². The minimum absolute atomic E-state index is 0.0456. The van der Waals surface area contributed by atoms with Crippen molar-refractivity contribution in [1.82, 2.24) is 4.98 Å². The van der Waals surface area contributed by atoms with Crippen molar-refractivity contribution >= 4 is 17.1 Å². The molecule has 1 saturated heterocycles. The predicted octanol–water partition coefficient (Wildman–Crippen LogP) is -0.547. The number of aliphatic hydroxyl groups is 4. The number of carbonyl (C=O) groups excluding carboxylic acids is 1. The Morgan fingerprint density at radius 2 is 2.00 bits per heavy atom. The highest BCUT2D eigenvalue weighted by Crippen LogP contribution is 2.29. The monoisotopic (exact) mass is 397 g/mol. The third-order valence-electron chi connectivity index (χ3n) is 4.20. The topological polar surface area (TPSA) is 150 Å². The SMILES string of the molecule is O=C(Cc1cscn1)c1ccc(O[C@@H]2O[C@H](CO)[C@H](O)[C@@H](O)[C@H]2O)cc1O. The zero-order valence-corrected chi connectivity index (χ0v) is 14.8. The molecular formula is C17H19NO8S. The zero-order chi connectivity index (χ0) is 19.6. The number of hydrogen-bond acceptors (Lipinski definition) is 10. The largest absolute Gasteiger partial charge is 0.507 e. The fraction of sp³-hybridized carbons (Fsp3) is 0.412. The maximum Gasteiger partial charge on any atom is 0.229 e. The Labute approximate surface area is 158 Å². The molecule has 0 radical (unpaired) electrons. The van der Waals surface area contributed by atoms with Gasteiger partial charge in [-0.05, 0) is 12.1 Å². The van der Waals surface area contributed by atoms with Crippen molar-refractivity contribution in [3.05, 3.63) is 40.3 Å². The Bertz CT molecular complexity index is 781. The summed E-state index contributed by atoms with van der Waals surface area (Å²) in [5.74, 6) is -0.572. The van der Waals surface area contributed by atoms with Gasteiger partial charge in [0.2, 0.25) is 6.29 Å². The van der Waals surface area contributed by atoms with Gasteiger partial charge in [-0.15, -0.1) is 11.3 Å². The molecule has 10 heteroatoms. The van der Waals surface area contributed by atoms with Gasteiger partial charge in [-0.2, -0.15) is 0 Å². The van der Waals surface area contributed by atoms with E-state index >= 15 is 0 Å². The standard InChI is InChI=1S/C17H19NO8S/c19-5-13-14(22)15(23)16(24)17(26-13)25-9-1-2-10(12(21)4-9)11(20)3-8-6-27-7-18-8/h1-2,4,6-7,13-17,19,21-24H,3,5H2/t13-,14+,15-,16-,17-/m1/s1. The van der Waals surface area contributed by atoms with Crippen LogP contribution in [0.25, 0.3) is 0 Å². The number of ketones is 1. The number of rotatable bonds is 6. The normalized spacial score (nSPS) is 28.1. The summed E-state index contributed by atoms with van der Waals surface area (Å²) in [6.07, 6.45) is -7.09. The Morgan fingerprint density at radius 1 is 1.22 bits per heavy atom. The minimum atomic E-state index is -1.58. The van der Waals surface area contributed by atoms with Crippen LogP contribution < -0.4 is 4.74 Å². The van der Waals surface area contributed by atoms with Gasteiger partial charge in [0.25, 0.3) is 0 Å². The molecule has 1 aromatic heterocycles. The van der Waals surface area contributed by atoms with Crippen LogP contribution in [0.5, 0.6) is 11.5 Å². The van der Waals surface area contributed by atoms with E-state index in [-0.39, 0.29) is 29.3 Å². The highest BCUT2D eigenvalue weighted by molar-refractivity contribution is 7.07. The quantitative estimate of drug-likeness (QED) is 0.405. The first-order chi connectivity index (χ1) is 12.9. The number of benzene rings is 1. The van der Waals surface area contributed by atoms with Crippen molar-refractivity contribution in [2.75, 3.05) is 6.61 Å². The molecule has 0 aliphatic carbocycles. The number of ether oxygens (including phenoxy) is 2. The third kappa shape index (κ3) is 4.26. The summed E-state index contributed by atoms with van der Waals surface area (Å²) in [7, 11) is 0. The van der Waals surface area contributed by atoms with Crippen LogP contribution in [0.3, 0.4) is 0 Å². The van der Waals surface area contributed by atoms with E-state index in [1.54, 1.807) is 10.9 Å². The van der Waals surface area contributed by atoms with E-state index < -0.39 is 37.3 Å². The van der Waals surface area contributed by atoms with Gasteiger partial charge < -0.3 is 35.0 Å². The molecule has 1 aromatic carbocycles. The van der Waals surface area contributed by atoms with Crippen molar-refractivity contribution in [3.63, 3.8) is 0 Å². The number of phenols is 1. The summed E-state index contributed by atoms with van der Waals surface area (Å²) in [4.78, 5) is 16.3. The van der Waals surface area contributed by atoms with Crippen LogP contribution in [0.4, 0.5) is 0 Å². The first-order valence-corrected chi connectivity index (χ1v) is 9.05. The summed E-state index contributed by atoms with van der Waals surface area (Å²) >= 11 is 1.37. The van der Waals surface area contributed by atoms with E-state index in [2.05, 4.69) is 4.98 Å². The number of aromatic hydroxyl groups is 1. The van der Waals surface area contributed by atoms with Crippen molar-refractivity contribution in [2.24, 2.45) is 0 Å². The van der Waals surface area contributed by atoms with Crippen LogP contribution in [0.2, 0.25) is 0 Å². The molecule has 9 nitrogen and oxygen atoms in total. The van der Waals surface area contributed by atoms with Gasteiger partial charge in [0.1, 0.15) is 35.9 Å². The van der Waals surface area contributed by atoms with E-state index in [9.17, 15) is 30.3 Å². The van der Waals surface area contributed by atoms with Crippen LogP contribution in [0.1, 0.15) is 16.1 Å². The highest BCUT2D eigenvalue weighted by atomic mass is 32.1. The fourth-order valence-corrected chi connectivity index (χ4v) is 3.26. The van der Waals surface area contributed by atoms with E-state index in [1.165, 1.54) is 29.5 Å². The van der Waals surface area contributed by atoms with Crippen molar-refractivity contribution in [2.45, 2.75) is 37.1 Å². The summed E-state index contributed by atoms with van der Waals surface area (Å²) in [5.41, 5.74) is 2.30. The molecule has 146 valence electrons. The second-order valence-electron chi connectivity index (χ2n) is 6.07. The number of hydrogen-bond donors (Lipinski definition) is 5. The molecule has 27 heavy (non-hydrogen) atoms. The first kappa shape index (κ1) is 19.7. The lowest BCUT2D eigenvalue weighted by atomic mass is 9.99. The van der Waals surface area contributed by atoms with Gasteiger partial charge >= 0.3 is 0 Å². The number of Topliss-reactive ketones (excluding diaryl/α,β-unsaturated/α-hetero) is 1. The third-order valence-corrected chi connectivity index (χ3v) is 4.83. The number of carbonyl (C=O) groups is 1. The lowest BCUT2D eigenvalue weighted by Gasteiger charge is -2.39. The molecule has 0 unspecified atom stereocenters. The summed E-state index contributed by atoms with van der Waals surface area (Å²) in [5, 5.41) is 50.5. The predicted molar refractivity (Wildman–Crippen MR) is 92.7 cm³/mol. The van der Waals surface area contributed by atoms with Crippen LogP contribution in [-0.4, -0.2) is 73.6 Å². The van der Waals surface area contributed by atoms with Crippen LogP contribution in [0.15, 0.2) is 29.1 Å². The molecule has 0 bridgehead atoms. The smallest absolute Gasteiger partial charge is 0.229 e. The molecule has 0 spiro atoms. The Balaban J connectivity index is 1.71. The van der Waals surface area contributed by atoms with Gasteiger partial charge in [0, 0.05) is 11.4 Å². The molecule has 1 aliphatic heterocycles. The number of aromatic nitrogens is 1. The lowest BCUT2D eigenvalue weighted by Crippen LogP contribution is -2.60. The average Bonchev–Trinajstić information content (AvgIpc) is 3.15. The summed E-state index contributed by atoms with van der Waals surface area (Å²) < 4.78 is 10.6. The first-order valence-electron chi connectivity index (χ1n) is 8.11. The molecule has 3 rings (SSSR count). The molecule has 0 saturated carbocycles. The van der Waals surface area contributed by atoms with E-state index in [0.29, 0.717) is 5.69 Å².